The Hall–Kier alpha value is -2.21. The first-order valence-corrected chi connectivity index (χ1v) is 6.61. The largest absolute Gasteiger partial charge is 0.350 e. The van der Waals surface area contributed by atoms with Crippen LogP contribution in [0.5, 0.6) is 0 Å². The van der Waals surface area contributed by atoms with Gasteiger partial charge in [-0.05, 0) is 25.1 Å². The second-order valence-electron chi connectivity index (χ2n) is 4.46. The molecule has 1 amide bonds. The summed E-state index contributed by atoms with van der Waals surface area (Å²) in [7, 11) is 0. The monoisotopic (exact) mass is 309 g/mol. The summed E-state index contributed by atoms with van der Waals surface area (Å²) < 4.78 is 14.3. The third-order valence-corrected chi connectivity index (χ3v) is 3.20. The fourth-order valence-electron chi connectivity index (χ4n) is 1.78. The molecule has 0 radical (unpaired) electrons. The predicted octanol–water partition coefficient (Wildman–Crippen LogP) is 1.77. The number of hydrogen-bond acceptors (Lipinski definition) is 3. The zero-order valence-electron chi connectivity index (χ0n) is 11.3. The van der Waals surface area contributed by atoms with Gasteiger partial charge in [0.15, 0.2) is 0 Å². The Balaban J connectivity index is 1.98. The fourth-order valence-corrected chi connectivity index (χ4v) is 2.03. The maximum absolute atomic E-state index is 12.9. The topological polar surface area (TPSA) is 64.0 Å². The summed E-state index contributed by atoms with van der Waals surface area (Å²) in [5.74, 6) is -0.928. The van der Waals surface area contributed by atoms with Crippen LogP contribution in [0.1, 0.15) is 15.9 Å². The molecule has 2 aromatic rings. The van der Waals surface area contributed by atoms with Crippen LogP contribution >= 0.6 is 11.6 Å². The van der Waals surface area contributed by atoms with Gasteiger partial charge >= 0.3 is 0 Å². The van der Waals surface area contributed by atoms with Crippen molar-refractivity contribution < 1.29 is 9.18 Å². The molecule has 1 N–H and O–H groups in total. The number of nitrogens with one attached hydrogen (secondary N) is 1. The van der Waals surface area contributed by atoms with Crippen LogP contribution in [0.25, 0.3) is 0 Å². The zero-order chi connectivity index (χ0) is 15.4. The lowest BCUT2D eigenvalue weighted by Crippen LogP contribution is -2.31. The Labute approximate surface area is 125 Å². The van der Waals surface area contributed by atoms with E-state index < -0.39 is 11.7 Å². The normalized spacial score (nSPS) is 10.4. The van der Waals surface area contributed by atoms with Gasteiger partial charge in [-0.25, -0.2) is 9.37 Å². The van der Waals surface area contributed by atoms with Crippen molar-refractivity contribution >= 4 is 17.5 Å². The minimum atomic E-state index is -0.506. The number of carbonyl (C=O) groups excluding carboxylic acids is 1. The minimum absolute atomic E-state index is 0.0434. The molecule has 7 heteroatoms. The van der Waals surface area contributed by atoms with Crippen molar-refractivity contribution in [3.8, 4) is 0 Å². The van der Waals surface area contributed by atoms with Crippen LogP contribution in [0.15, 0.2) is 35.5 Å². The van der Waals surface area contributed by atoms with Crippen LogP contribution in [0.2, 0.25) is 5.02 Å². The number of carbonyl (C=O) groups is 1. The Morgan fingerprint density at radius 3 is 2.95 bits per heavy atom. The number of benzene rings is 1. The molecule has 0 unspecified atom stereocenters. The van der Waals surface area contributed by atoms with Gasteiger partial charge in [0.05, 0.1) is 16.9 Å². The van der Waals surface area contributed by atoms with Crippen LogP contribution in [0.4, 0.5) is 4.39 Å². The zero-order valence-corrected chi connectivity index (χ0v) is 12.0. The van der Waals surface area contributed by atoms with Crippen LogP contribution in [0, 0.1) is 12.7 Å². The molecule has 0 aliphatic carbocycles. The Bertz CT molecular complexity index is 730. The molecule has 0 aliphatic rings. The van der Waals surface area contributed by atoms with E-state index in [2.05, 4.69) is 10.3 Å². The second-order valence-corrected chi connectivity index (χ2v) is 4.86. The highest BCUT2D eigenvalue weighted by atomic mass is 35.5. The third-order valence-electron chi connectivity index (χ3n) is 2.89. The van der Waals surface area contributed by atoms with Crippen LogP contribution < -0.4 is 10.9 Å². The van der Waals surface area contributed by atoms with E-state index in [4.69, 9.17) is 11.6 Å². The summed E-state index contributed by atoms with van der Waals surface area (Å²) in [4.78, 5) is 27.6. The summed E-state index contributed by atoms with van der Waals surface area (Å²) in [5, 5.41) is 2.66. The molecule has 21 heavy (non-hydrogen) atoms. The third kappa shape index (κ3) is 3.66. The minimum Gasteiger partial charge on any atom is -0.350 e. The number of halogens is 2. The lowest BCUT2D eigenvalue weighted by molar-refractivity contribution is 0.0952. The first-order chi connectivity index (χ1) is 9.99. The average Bonchev–Trinajstić information content (AvgIpc) is 2.43. The summed E-state index contributed by atoms with van der Waals surface area (Å²) in [6, 6.07) is 3.55. The molecule has 0 bridgehead atoms. The van der Waals surface area contributed by atoms with Gasteiger partial charge in [0.2, 0.25) is 0 Å². The molecule has 1 aromatic carbocycles. The maximum atomic E-state index is 12.9. The Morgan fingerprint density at radius 2 is 2.24 bits per heavy atom. The van der Waals surface area contributed by atoms with E-state index in [0.29, 0.717) is 5.56 Å². The smallest absolute Gasteiger partial charge is 0.256 e. The summed E-state index contributed by atoms with van der Waals surface area (Å²) >= 11 is 5.80. The van der Waals surface area contributed by atoms with Gasteiger partial charge in [-0.3, -0.25) is 14.2 Å². The van der Waals surface area contributed by atoms with E-state index in [1.807, 2.05) is 0 Å². The molecule has 0 saturated carbocycles. The number of aryl methyl sites for hydroxylation is 1. The summed E-state index contributed by atoms with van der Waals surface area (Å²) in [5.41, 5.74) is 0.567. The van der Waals surface area contributed by atoms with Gasteiger partial charge in [-0.1, -0.05) is 11.6 Å². The van der Waals surface area contributed by atoms with Gasteiger partial charge in [0.25, 0.3) is 11.5 Å². The van der Waals surface area contributed by atoms with Gasteiger partial charge in [0, 0.05) is 24.8 Å². The maximum Gasteiger partial charge on any atom is 0.256 e. The van der Waals surface area contributed by atoms with E-state index in [0.717, 1.165) is 12.1 Å². The number of amides is 1. The second kappa shape index (κ2) is 6.49. The van der Waals surface area contributed by atoms with E-state index in [-0.39, 0.29) is 29.2 Å². The van der Waals surface area contributed by atoms with Crippen LogP contribution in [-0.4, -0.2) is 22.0 Å². The van der Waals surface area contributed by atoms with Crippen molar-refractivity contribution in [3.63, 3.8) is 0 Å². The average molecular weight is 310 g/mol. The van der Waals surface area contributed by atoms with E-state index >= 15 is 0 Å². The molecule has 0 atom stereocenters. The lowest BCUT2D eigenvalue weighted by Gasteiger charge is -2.08. The van der Waals surface area contributed by atoms with Crippen molar-refractivity contribution in [1.82, 2.24) is 14.9 Å². The van der Waals surface area contributed by atoms with Crippen molar-refractivity contribution in [3.05, 3.63) is 63.0 Å². The number of aromatic nitrogens is 2. The van der Waals surface area contributed by atoms with Crippen molar-refractivity contribution in [2.75, 3.05) is 6.54 Å². The quantitative estimate of drug-likeness (QED) is 0.936. The van der Waals surface area contributed by atoms with E-state index in [1.165, 1.54) is 23.2 Å². The number of hydrogen-bond donors (Lipinski definition) is 1. The molecule has 0 spiro atoms. The van der Waals surface area contributed by atoms with Gasteiger partial charge < -0.3 is 5.32 Å². The highest BCUT2D eigenvalue weighted by Gasteiger charge is 2.10. The molecule has 1 aromatic heterocycles. The van der Waals surface area contributed by atoms with Gasteiger partial charge in [-0.15, -0.1) is 0 Å². The van der Waals surface area contributed by atoms with Gasteiger partial charge in [-0.2, -0.15) is 0 Å². The molecule has 110 valence electrons. The lowest BCUT2D eigenvalue weighted by atomic mass is 10.2. The summed E-state index contributed by atoms with van der Waals surface area (Å²) in [6.07, 6.45) is 2.89. The number of nitrogens with zero attached hydrogens (tertiary/aromatic N) is 2. The molecule has 0 saturated heterocycles. The SMILES string of the molecule is Cc1cncn(CCNC(=O)c2ccc(F)cc2Cl)c1=O. The Morgan fingerprint density at radius 1 is 1.48 bits per heavy atom. The molecule has 1 heterocycles. The molecule has 0 fully saturated rings. The first kappa shape index (κ1) is 15.2. The molecule has 0 aliphatic heterocycles. The van der Waals surface area contributed by atoms with Crippen molar-refractivity contribution in [2.24, 2.45) is 0 Å². The van der Waals surface area contributed by atoms with Crippen molar-refractivity contribution in [1.29, 1.82) is 0 Å². The van der Waals surface area contributed by atoms with Crippen molar-refractivity contribution in [2.45, 2.75) is 13.5 Å². The highest BCUT2D eigenvalue weighted by Crippen LogP contribution is 2.16. The van der Waals surface area contributed by atoms with Crippen LogP contribution in [0.3, 0.4) is 0 Å². The van der Waals surface area contributed by atoms with E-state index in [1.54, 1.807) is 6.92 Å². The molecular weight excluding hydrogens is 297 g/mol. The predicted molar refractivity (Wildman–Crippen MR) is 77.0 cm³/mol. The number of rotatable bonds is 4. The molecular formula is C14H13ClFN3O2. The van der Waals surface area contributed by atoms with E-state index in [9.17, 15) is 14.0 Å². The molecule has 5 nitrogen and oxygen atoms in total. The standard InChI is InChI=1S/C14H13ClFN3O2/c1-9-7-17-8-19(14(9)21)5-4-18-13(20)11-3-2-10(16)6-12(11)15/h2-3,6-8H,4-5H2,1H3,(H,18,20). The molecule has 2 rings (SSSR count). The first-order valence-electron chi connectivity index (χ1n) is 6.23. The van der Waals surface area contributed by atoms with Crippen LogP contribution in [-0.2, 0) is 6.54 Å². The Kier molecular flexibility index (Phi) is 4.70. The highest BCUT2D eigenvalue weighted by molar-refractivity contribution is 6.33. The fraction of sp³-hybridized carbons (Fsp3) is 0.214. The summed E-state index contributed by atoms with van der Waals surface area (Å²) in [6.45, 7) is 2.19. The van der Waals surface area contributed by atoms with Gasteiger partial charge in [0.1, 0.15) is 5.82 Å².